The van der Waals surface area contributed by atoms with Crippen LogP contribution in [0.2, 0.25) is 0 Å². The number of carbonyl (C=O) groups excluding carboxylic acids is 2. The van der Waals surface area contributed by atoms with E-state index in [2.05, 4.69) is 15.0 Å². The number of phosphoric ester groups is 1. The normalized spacial score (nSPS) is 19.0. The molecule has 0 spiro atoms. The number of aliphatic hydroxyl groups excluding tert-OH is 1. The topological polar surface area (TPSA) is 269 Å². The number of aliphatic hydroxyl groups is 1. The number of nitrogens with zero attached hydrogens (tertiary/aromatic N) is 4. The lowest BCUT2D eigenvalue weighted by molar-refractivity contribution is -0.179. The number of nitrogens with one attached hydrogen (secondary N) is 1. The van der Waals surface area contributed by atoms with E-state index in [1.54, 1.807) is 0 Å². The van der Waals surface area contributed by atoms with Gasteiger partial charge in [0, 0.05) is 35.4 Å². The summed E-state index contributed by atoms with van der Waals surface area (Å²) < 4.78 is 56.6. The van der Waals surface area contributed by atoms with Crippen LogP contribution in [0.4, 0.5) is 0 Å². The molecule has 20 nitrogen and oxygen atoms in total. The number of esters is 2. The van der Waals surface area contributed by atoms with Gasteiger partial charge >= 0.3 is 25.5 Å². The van der Waals surface area contributed by atoms with Crippen molar-refractivity contribution in [3.63, 3.8) is 0 Å². The monoisotopic (exact) mass is 727 g/mol. The highest BCUT2D eigenvalue weighted by molar-refractivity contribution is 7.99. The van der Waals surface area contributed by atoms with E-state index in [-0.39, 0.29) is 44.3 Å². The van der Waals surface area contributed by atoms with Crippen molar-refractivity contribution in [2.24, 2.45) is 10.5 Å². The van der Waals surface area contributed by atoms with Gasteiger partial charge in [0.25, 0.3) is 5.56 Å². The predicted molar refractivity (Wildman–Crippen MR) is 167 cm³/mol. The number of aromatic amines is 1. The van der Waals surface area contributed by atoms with Crippen LogP contribution >= 0.6 is 19.6 Å². The van der Waals surface area contributed by atoms with Gasteiger partial charge in [0.05, 0.1) is 65.4 Å². The zero-order valence-electron chi connectivity index (χ0n) is 26.8. The van der Waals surface area contributed by atoms with Crippen molar-refractivity contribution in [3.8, 4) is 0 Å². The van der Waals surface area contributed by atoms with Crippen molar-refractivity contribution in [1.29, 1.82) is 0 Å². The van der Waals surface area contributed by atoms with Crippen molar-refractivity contribution in [2.75, 3.05) is 77.7 Å². The molecule has 1 fully saturated rings. The summed E-state index contributed by atoms with van der Waals surface area (Å²) in [6.45, 7) is 3.28. The SMILES string of the molecule is CCOC(=O)C(COCSCCOCCOCCN=[N+]=[N-])(COP(=O)(O)OC1C[C@H](n2cc(C)c(=O)[nH]c2=O)O[C@@H]1CO)C(=O)OCC. The van der Waals surface area contributed by atoms with E-state index in [4.69, 9.17) is 43.0 Å². The largest absolute Gasteiger partial charge is 0.472 e. The third-order valence-electron chi connectivity index (χ3n) is 6.55. The van der Waals surface area contributed by atoms with Crippen LogP contribution in [-0.4, -0.2) is 121 Å². The standard InChI is InChI=1S/C26H42N5O15PS/c1-4-42-23(34)26(24(35)43-5-2,15-41-17-48-11-10-40-9-8-39-7-6-28-30-27)16-44-47(37,38)46-19-12-21(45-20(19)14-32)31-13-18(3)22(33)29-25(31)36/h13,19-21,32H,4-12,14-17H2,1-3H3,(H,37,38)(H,29,33,36)/t19?,20-,21-/m1/s1. The lowest BCUT2D eigenvalue weighted by atomic mass is 9.90. The van der Waals surface area contributed by atoms with Gasteiger partial charge in [0.1, 0.15) is 18.4 Å². The summed E-state index contributed by atoms with van der Waals surface area (Å²) in [6.07, 6.45) is -2.51. The average Bonchev–Trinajstić information content (AvgIpc) is 3.44. The first kappa shape index (κ1) is 41.4. The number of aromatic nitrogens is 2. The van der Waals surface area contributed by atoms with Crippen molar-refractivity contribution >= 4 is 31.5 Å². The van der Waals surface area contributed by atoms with Crippen LogP contribution in [0, 0.1) is 12.3 Å². The summed E-state index contributed by atoms with van der Waals surface area (Å²) in [7, 11) is -5.09. The molecule has 0 saturated carbocycles. The molecule has 22 heteroatoms. The lowest BCUT2D eigenvalue weighted by Crippen LogP contribution is -2.49. The molecule has 2 heterocycles. The van der Waals surface area contributed by atoms with Crippen molar-refractivity contribution in [1.82, 2.24) is 9.55 Å². The zero-order valence-corrected chi connectivity index (χ0v) is 28.6. The smallest absolute Gasteiger partial charge is 0.465 e. The van der Waals surface area contributed by atoms with E-state index in [0.29, 0.717) is 25.6 Å². The molecule has 272 valence electrons. The van der Waals surface area contributed by atoms with Gasteiger partial charge in [0.2, 0.25) is 5.41 Å². The second-order valence-electron chi connectivity index (χ2n) is 9.99. The van der Waals surface area contributed by atoms with Crippen LogP contribution in [0.1, 0.15) is 32.1 Å². The molecule has 1 saturated heterocycles. The van der Waals surface area contributed by atoms with Crippen LogP contribution in [-0.2, 0) is 51.6 Å². The molecular weight excluding hydrogens is 685 g/mol. The molecule has 1 aromatic heterocycles. The Morgan fingerprint density at radius 1 is 1.15 bits per heavy atom. The van der Waals surface area contributed by atoms with Gasteiger partial charge < -0.3 is 38.4 Å². The molecule has 1 aliphatic rings. The van der Waals surface area contributed by atoms with Crippen LogP contribution in [0.15, 0.2) is 20.9 Å². The van der Waals surface area contributed by atoms with E-state index >= 15 is 0 Å². The van der Waals surface area contributed by atoms with E-state index in [1.807, 2.05) is 0 Å². The highest BCUT2D eigenvalue weighted by atomic mass is 32.2. The maximum atomic E-state index is 13.1. The molecule has 48 heavy (non-hydrogen) atoms. The van der Waals surface area contributed by atoms with Gasteiger partial charge in [-0.3, -0.25) is 33.0 Å². The van der Waals surface area contributed by atoms with Crippen LogP contribution in [0.3, 0.4) is 0 Å². The Labute approximate surface area is 279 Å². The molecule has 2 rings (SSSR count). The fourth-order valence-corrected chi connectivity index (χ4v) is 5.73. The van der Waals surface area contributed by atoms with Crippen molar-refractivity contribution in [2.45, 2.75) is 45.6 Å². The summed E-state index contributed by atoms with van der Waals surface area (Å²) in [4.78, 5) is 65.6. The molecule has 1 aliphatic heterocycles. The number of hydrogen-bond donors (Lipinski definition) is 3. The Kier molecular flexibility index (Phi) is 18.4. The fraction of sp³-hybridized carbons (Fsp3) is 0.769. The number of rotatable bonds is 24. The number of carbonyl (C=O) groups is 2. The quantitative estimate of drug-likeness (QED) is 0.0194. The minimum Gasteiger partial charge on any atom is -0.465 e. The molecule has 0 radical (unpaired) electrons. The molecular formula is C26H42N5O15PS. The van der Waals surface area contributed by atoms with E-state index in [9.17, 15) is 33.7 Å². The maximum absolute atomic E-state index is 13.1. The average molecular weight is 728 g/mol. The van der Waals surface area contributed by atoms with E-state index in [1.165, 1.54) is 38.7 Å². The number of phosphoric acid groups is 1. The van der Waals surface area contributed by atoms with Crippen molar-refractivity contribution in [3.05, 3.63) is 43.0 Å². The number of aryl methyl sites for hydroxylation is 1. The number of ether oxygens (including phenoxy) is 6. The Balaban J connectivity index is 2.03. The Bertz CT molecular complexity index is 1370. The lowest BCUT2D eigenvalue weighted by Gasteiger charge is -2.29. The fourth-order valence-electron chi connectivity index (χ4n) is 4.16. The summed E-state index contributed by atoms with van der Waals surface area (Å²) in [5.74, 6) is -1.78. The van der Waals surface area contributed by atoms with E-state index < -0.39 is 74.7 Å². The van der Waals surface area contributed by atoms with E-state index in [0.717, 1.165) is 4.57 Å². The third kappa shape index (κ3) is 12.9. The van der Waals surface area contributed by atoms with Gasteiger partial charge in [-0.25, -0.2) is 9.36 Å². The molecule has 0 aromatic carbocycles. The summed E-state index contributed by atoms with van der Waals surface area (Å²) in [5, 5.41) is 13.2. The highest BCUT2D eigenvalue weighted by Gasteiger charge is 2.52. The molecule has 1 aromatic rings. The molecule has 0 bridgehead atoms. The van der Waals surface area contributed by atoms with Crippen molar-refractivity contribution < 1.29 is 61.6 Å². The first-order valence-electron chi connectivity index (χ1n) is 14.8. The number of azide groups is 1. The van der Waals surface area contributed by atoms with Gasteiger partial charge in [0.15, 0.2) is 0 Å². The van der Waals surface area contributed by atoms with Gasteiger partial charge in [-0.05, 0) is 26.3 Å². The molecule has 0 amide bonds. The number of thioether (sulfide) groups is 1. The highest BCUT2D eigenvalue weighted by Crippen LogP contribution is 2.49. The summed E-state index contributed by atoms with van der Waals surface area (Å²) in [5.41, 5.74) is 4.69. The Morgan fingerprint density at radius 2 is 1.81 bits per heavy atom. The molecule has 4 atom stereocenters. The minimum absolute atomic E-state index is 0.0115. The third-order valence-corrected chi connectivity index (χ3v) is 8.33. The minimum atomic E-state index is -5.09. The maximum Gasteiger partial charge on any atom is 0.472 e. The van der Waals surface area contributed by atoms with Crippen LogP contribution in [0.25, 0.3) is 10.4 Å². The summed E-state index contributed by atoms with van der Waals surface area (Å²) >= 11 is 1.27. The Morgan fingerprint density at radius 3 is 2.44 bits per heavy atom. The molecule has 2 unspecified atom stereocenters. The second-order valence-corrected chi connectivity index (χ2v) is 12.4. The first-order valence-corrected chi connectivity index (χ1v) is 17.5. The zero-order chi connectivity index (χ0) is 35.6. The molecule has 3 N–H and O–H groups in total. The number of hydrogen-bond acceptors (Lipinski definition) is 16. The summed E-state index contributed by atoms with van der Waals surface area (Å²) in [6, 6.07) is 0. The van der Waals surface area contributed by atoms with Gasteiger partial charge in [-0.15, -0.1) is 11.8 Å². The van der Waals surface area contributed by atoms with Crippen LogP contribution < -0.4 is 11.2 Å². The van der Waals surface area contributed by atoms with Gasteiger partial charge in [-0.1, -0.05) is 5.11 Å². The molecule has 0 aliphatic carbocycles. The number of H-pyrrole nitrogens is 1. The first-order chi connectivity index (χ1) is 22.9. The van der Waals surface area contributed by atoms with Crippen LogP contribution in [0.5, 0.6) is 0 Å². The van der Waals surface area contributed by atoms with Gasteiger partial charge in [-0.2, -0.15) is 0 Å². The second kappa shape index (κ2) is 21.3. The predicted octanol–water partition coefficient (Wildman–Crippen LogP) is 0.790. The Hall–Kier alpha value is -2.81.